The minimum absolute atomic E-state index is 0. The Labute approximate surface area is 241 Å². The average Bonchev–Trinajstić information content (AvgIpc) is 3.02. The van der Waals surface area contributed by atoms with Gasteiger partial charge in [0.1, 0.15) is 0 Å². The first-order valence-corrected chi connectivity index (χ1v) is 12.5. The zero-order chi connectivity index (χ0) is 25.6. The molecule has 0 aliphatic carbocycles. The fraction of sp³-hybridized carbons (Fsp3) is 0. The van der Waals surface area contributed by atoms with Crippen molar-refractivity contribution in [1.29, 1.82) is 0 Å². The average molecular weight is 678 g/mol. The van der Waals surface area contributed by atoms with Crippen LogP contribution < -0.4 is 0 Å². The Kier molecular flexibility index (Phi) is 8.28. The van der Waals surface area contributed by atoms with E-state index in [0.29, 0.717) is 5.82 Å². The summed E-state index contributed by atoms with van der Waals surface area (Å²) >= 11 is 0. The Bertz CT molecular complexity index is 1750. The molecule has 0 unspecified atom stereocenters. The molecule has 0 fully saturated rings. The van der Waals surface area contributed by atoms with E-state index in [9.17, 15) is 0 Å². The molecule has 189 valence electrons. The Morgan fingerprint density at radius 1 is 0.538 bits per heavy atom. The van der Waals surface area contributed by atoms with Gasteiger partial charge in [-0.15, -0.1) is 71.8 Å². The van der Waals surface area contributed by atoms with Crippen molar-refractivity contribution in [3.05, 3.63) is 152 Å². The van der Waals surface area contributed by atoms with Crippen molar-refractivity contribution in [1.82, 2.24) is 15.0 Å². The van der Waals surface area contributed by atoms with Crippen LogP contribution in [-0.2, 0) is 20.1 Å². The molecule has 0 saturated heterocycles. The van der Waals surface area contributed by atoms with Crippen LogP contribution in [0.25, 0.3) is 55.4 Å². The van der Waals surface area contributed by atoms with Crippen LogP contribution in [0.3, 0.4) is 0 Å². The molecule has 0 atom stereocenters. The van der Waals surface area contributed by atoms with Gasteiger partial charge in [-0.25, -0.2) is 0 Å². The van der Waals surface area contributed by atoms with Gasteiger partial charge < -0.3 is 4.98 Å². The minimum Gasteiger partial charge on any atom is -0.305 e. The monoisotopic (exact) mass is 678 g/mol. The molecule has 5 aromatic carbocycles. The maximum atomic E-state index is 4.65. The molecule has 0 bridgehead atoms. The third kappa shape index (κ3) is 5.99. The van der Waals surface area contributed by atoms with Crippen molar-refractivity contribution in [3.63, 3.8) is 0 Å². The van der Waals surface area contributed by atoms with Crippen LogP contribution >= 0.6 is 0 Å². The molecule has 0 spiro atoms. The molecule has 2 aromatic heterocycles. The van der Waals surface area contributed by atoms with Crippen LogP contribution in [0, 0.1) is 12.1 Å². The van der Waals surface area contributed by atoms with E-state index in [1.165, 1.54) is 21.9 Å². The Hall–Kier alpha value is -4.50. The van der Waals surface area contributed by atoms with Crippen molar-refractivity contribution in [2.45, 2.75) is 0 Å². The van der Waals surface area contributed by atoms with Crippen molar-refractivity contribution in [2.24, 2.45) is 0 Å². The van der Waals surface area contributed by atoms with Crippen LogP contribution in [0.2, 0.25) is 0 Å². The summed E-state index contributed by atoms with van der Waals surface area (Å²) in [6, 6.07) is 48.9. The number of hydrogen-bond acceptors (Lipinski definition) is 3. The van der Waals surface area contributed by atoms with Crippen molar-refractivity contribution >= 4 is 21.7 Å². The third-order valence-electron chi connectivity index (χ3n) is 6.29. The summed E-state index contributed by atoms with van der Waals surface area (Å²) in [6.07, 6.45) is 3.75. The first-order valence-electron chi connectivity index (χ1n) is 12.5. The third-order valence-corrected chi connectivity index (χ3v) is 6.29. The number of hydrogen-bond donors (Lipinski definition) is 0. The Balaban J connectivity index is 0.000000155. The van der Waals surface area contributed by atoms with Gasteiger partial charge in [-0.1, -0.05) is 66.7 Å². The van der Waals surface area contributed by atoms with Crippen molar-refractivity contribution in [2.75, 3.05) is 0 Å². The van der Waals surface area contributed by atoms with E-state index in [4.69, 9.17) is 0 Å². The largest absolute Gasteiger partial charge is 0.305 e. The number of aromatic nitrogens is 3. The van der Waals surface area contributed by atoms with Crippen LogP contribution in [-0.4, -0.2) is 15.0 Å². The predicted octanol–water partition coefficient (Wildman–Crippen LogP) is 8.46. The summed E-state index contributed by atoms with van der Waals surface area (Å²) < 4.78 is 0. The standard InChI is InChI=1S/C18H11N2.C17H12N.Ir/c1-2-7-14(8-3-1)18-19-12-16-15-9-5-4-6-13(15)10-11-17(16)20-18;1-3-7-14(8-4-1)16-11-12-18-17(13-16)15-9-5-2-6-10-15;/h1-7,9-12H;1-9,11-13H;/q2*-1;. The van der Waals surface area contributed by atoms with E-state index in [0.717, 1.165) is 27.7 Å². The van der Waals surface area contributed by atoms with E-state index in [1.54, 1.807) is 0 Å². The van der Waals surface area contributed by atoms with Crippen LogP contribution in [0.5, 0.6) is 0 Å². The summed E-state index contributed by atoms with van der Waals surface area (Å²) in [6.45, 7) is 0. The van der Waals surface area contributed by atoms with Gasteiger partial charge in [-0.05, 0) is 39.7 Å². The second-order valence-electron chi connectivity index (χ2n) is 8.76. The number of benzene rings is 5. The van der Waals surface area contributed by atoms with Crippen molar-refractivity contribution in [3.8, 4) is 33.8 Å². The summed E-state index contributed by atoms with van der Waals surface area (Å²) in [7, 11) is 0. The zero-order valence-corrected chi connectivity index (χ0v) is 23.3. The Morgan fingerprint density at radius 3 is 2.03 bits per heavy atom. The summed E-state index contributed by atoms with van der Waals surface area (Å²) in [5, 5.41) is 3.49. The van der Waals surface area contributed by atoms with Gasteiger partial charge in [0.25, 0.3) is 0 Å². The first kappa shape index (κ1) is 26.1. The second kappa shape index (κ2) is 12.4. The van der Waals surface area contributed by atoms with Crippen LogP contribution in [0.1, 0.15) is 0 Å². The van der Waals surface area contributed by atoms with E-state index < -0.39 is 0 Å². The van der Waals surface area contributed by atoms with E-state index in [1.807, 2.05) is 103 Å². The molecule has 3 nitrogen and oxygen atoms in total. The fourth-order valence-electron chi connectivity index (χ4n) is 4.39. The molecular weight excluding hydrogens is 655 g/mol. The second-order valence-corrected chi connectivity index (χ2v) is 8.76. The predicted molar refractivity (Wildman–Crippen MR) is 155 cm³/mol. The van der Waals surface area contributed by atoms with Crippen LogP contribution in [0.15, 0.2) is 140 Å². The van der Waals surface area contributed by atoms with Gasteiger partial charge in [0.05, 0.1) is 11.3 Å². The molecule has 1 radical (unpaired) electrons. The minimum atomic E-state index is 0. The van der Waals surface area contributed by atoms with E-state index in [-0.39, 0.29) is 20.1 Å². The topological polar surface area (TPSA) is 38.7 Å². The molecule has 0 amide bonds. The maximum absolute atomic E-state index is 4.65. The van der Waals surface area contributed by atoms with Gasteiger partial charge in [0.15, 0.2) is 0 Å². The summed E-state index contributed by atoms with van der Waals surface area (Å²) in [5.74, 6) is 0.716. The molecule has 2 heterocycles. The number of fused-ring (bicyclic) bond motifs is 3. The van der Waals surface area contributed by atoms with Gasteiger partial charge in [-0.2, -0.15) is 0 Å². The van der Waals surface area contributed by atoms with Crippen molar-refractivity contribution < 1.29 is 20.1 Å². The maximum Gasteiger partial charge on any atom is 0.0755 e. The van der Waals surface area contributed by atoms with E-state index >= 15 is 0 Å². The smallest absolute Gasteiger partial charge is 0.0755 e. The SMILES string of the molecule is [Ir].[c-]1ccccc1-c1cc(-c2ccccc2)ccn1.[c-]1ccccc1-c1ncc2c(ccc3ccccc32)n1. The summed E-state index contributed by atoms with van der Waals surface area (Å²) in [4.78, 5) is 13.5. The zero-order valence-electron chi connectivity index (χ0n) is 21.0. The number of pyridine rings is 1. The number of rotatable bonds is 3. The number of nitrogens with zero attached hydrogens (tertiary/aromatic N) is 3. The van der Waals surface area contributed by atoms with Crippen LogP contribution in [0.4, 0.5) is 0 Å². The molecular formula is C35H23IrN3-2. The molecule has 0 N–H and O–H groups in total. The van der Waals surface area contributed by atoms with E-state index in [2.05, 4.69) is 63.5 Å². The Morgan fingerprint density at radius 2 is 1.26 bits per heavy atom. The van der Waals surface area contributed by atoms with Gasteiger partial charge in [-0.3, -0.25) is 9.97 Å². The molecule has 4 heteroatoms. The molecule has 0 saturated carbocycles. The molecule has 39 heavy (non-hydrogen) atoms. The molecule has 7 aromatic rings. The molecule has 7 rings (SSSR count). The fourth-order valence-corrected chi connectivity index (χ4v) is 4.39. The normalized spacial score (nSPS) is 10.4. The van der Waals surface area contributed by atoms with Gasteiger partial charge in [0, 0.05) is 37.9 Å². The first-order chi connectivity index (χ1) is 18.8. The van der Waals surface area contributed by atoms with Gasteiger partial charge in [0.2, 0.25) is 0 Å². The summed E-state index contributed by atoms with van der Waals surface area (Å²) in [5.41, 5.74) is 6.25. The quantitative estimate of drug-likeness (QED) is 0.139. The molecule has 0 aliphatic rings. The van der Waals surface area contributed by atoms with Gasteiger partial charge >= 0.3 is 0 Å². The molecule has 0 aliphatic heterocycles.